The van der Waals surface area contributed by atoms with Crippen LogP contribution < -0.4 is 4.74 Å². The van der Waals surface area contributed by atoms with Crippen LogP contribution in [0.5, 0.6) is 11.5 Å². The van der Waals surface area contributed by atoms with Crippen LogP contribution in [-0.4, -0.2) is 0 Å². The van der Waals surface area contributed by atoms with E-state index < -0.39 is 234 Å². The molecule has 256 valence electrons. The van der Waals surface area contributed by atoms with Gasteiger partial charge in [0, 0.05) is 11.1 Å². The molecule has 55 heavy (non-hydrogen) atoms. The maximum Gasteiger partial charge on any atom is 0.132 e. The first-order chi connectivity index (χ1) is 37.3. The predicted molar refractivity (Wildman–Crippen MR) is 224 cm³/mol. The highest BCUT2D eigenvalue weighted by atomic mass is 16.5. The molecule has 0 aromatic heterocycles. The molecule has 1 heteroatoms. The molecule has 1 heterocycles. The number of fused-ring (bicyclic) bond motifs is 14. The zero-order valence-corrected chi connectivity index (χ0v) is 28.2. The highest BCUT2D eigenvalue weighted by Crippen LogP contribution is 2.64. The molecular formula is C54H34O. The van der Waals surface area contributed by atoms with Gasteiger partial charge in [0.2, 0.25) is 0 Å². The summed E-state index contributed by atoms with van der Waals surface area (Å²) in [5, 5.41) is -1.06. The first kappa shape index (κ1) is 15.4. The van der Waals surface area contributed by atoms with Crippen LogP contribution in [0.1, 0.15) is 77.4 Å². The molecule has 0 saturated carbocycles. The summed E-state index contributed by atoms with van der Waals surface area (Å²) in [5.41, 5.74) is -10.9. The third-order valence-corrected chi connectivity index (χ3v) is 10.7. The van der Waals surface area contributed by atoms with Crippen LogP contribution in [0, 0.1) is 0 Å². The van der Waals surface area contributed by atoms with Gasteiger partial charge in [-0.15, -0.1) is 0 Å². The van der Waals surface area contributed by atoms with Gasteiger partial charge in [-0.25, -0.2) is 0 Å². The lowest BCUT2D eigenvalue weighted by Gasteiger charge is -2.41. The Morgan fingerprint density at radius 1 is 0.382 bits per heavy atom. The van der Waals surface area contributed by atoms with Crippen LogP contribution >= 0.6 is 0 Å². The molecule has 9 aromatic carbocycles. The molecule has 1 aliphatic heterocycles. The summed E-state index contributed by atoms with van der Waals surface area (Å²) in [4.78, 5) is 0. The average molecular weight is 723 g/mol. The van der Waals surface area contributed by atoms with Gasteiger partial charge < -0.3 is 4.74 Å². The Labute approximate surface area is 354 Å². The number of benzene rings is 9. The minimum Gasteiger partial charge on any atom is -0.457 e. The number of rotatable bonds is 3. The van der Waals surface area contributed by atoms with Gasteiger partial charge in [0.15, 0.2) is 0 Å². The highest BCUT2D eigenvalue weighted by molar-refractivity contribution is 6.06. The predicted octanol–water partition coefficient (Wildman–Crippen LogP) is 13.3. The van der Waals surface area contributed by atoms with Crippen LogP contribution in [0.2, 0.25) is 0 Å². The number of para-hydroxylation sites is 1. The largest absolute Gasteiger partial charge is 0.457 e. The maximum absolute atomic E-state index is 10.6. The smallest absolute Gasteiger partial charge is 0.132 e. The summed E-state index contributed by atoms with van der Waals surface area (Å²) < 4.78 is 233. The maximum atomic E-state index is 10.6. The molecule has 1 atom stereocenters. The van der Waals surface area contributed by atoms with E-state index in [2.05, 4.69) is 0 Å². The second-order valence-corrected chi connectivity index (χ2v) is 13.2. The number of hydrogen-bond acceptors (Lipinski definition) is 1. The van der Waals surface area contributed by atoms with E-state index >= 15 is 0 Å². The third-order valence-electron chi connectivity index (χ3n) is 10.7. The molecule has 2 aliphatic carbocycles. The second-order valence-electron chi connectivity index (χ2n) is 13.2. The monoisotopic (exact) mass is 722 g/mol. The number of hydrogen-bond donors (Lipinski definition) is 0. The van der Waals surface area contributed by atoms with E-state index in [1.165, 1.54) is 0 Å². The zero-order valence-electron chi connectivity index (χ0n) is 52.2. The van der Waals surface area contributed by atoms with Crippen molar-refractivity contribution < 1.29 is 37.6 Å². The standard InChI is InChI=1S/C54H34O/c1-3-16-38(17-4-1)53(39-18-5-2-6-19-39)46-25-13-14-26-50(46)55-51-32-29-37(34-49(51)53)36-27-30-42-41-21-9-11-23-44(41)54(48(42)33-36)45-24-12-10-22-43(45)52-40-20-8-7-15-35(40)28-31-47(52)54/h1-34H/i7D,8D,9D,10D,11D,12D,13D,14D,15D,20D,21D,22D,23D,24D,25D,26D,27D,28D,29D,30D,31D,32D,33D,34D. The molecule has 9 aromatic rings. The van der Waals surface area contributed by atoms with E-state index in [1.54, 1.807) is 60.7 Å². The van der Waals surface area contributed by atoms with Gasteiger partial charge in [-0.2, -0.15) is 0 Å². The quantitative estimate of drug-likeness (QED) is 0.176. The lowest BCUT2D eigenvalue weighted by Crippen LogP contribution is -2.34. The number of ether oxygens (including phenoxy) is 1. The van der Waals surface area contributed by atoms with Crippen LogP contribution in [0.3, 0.4) is 0 Å². The van der Waals surface area contributed by atoms with Crippen molar-refractivity contribution in [1.29, 1.82) is 0 Å². The summed E-state index contributed by atoms with van der Waals surface area (Å²) in [6.45, 7) is 0. The molecule has 1 nitrogen and oxygen atoms in total. The molecule has 0 amide bonds. The molecule has 0 fully saturated rings. The normalized spacial score (nSPS) is 22.5. The molecule has 3 aliphatic rings. The van der Waals surface area contributed by atoms with Crippen molar-refractivity contribution in [3.8, 4) is 44.9 Å². The SMILES string of the molecule is [2H]c1c([2H])c([2H])c2c(c1[2H])Oc1c([2H])c([2H])c(-c3c([2H])c([2H])c4c(c3[2H])C3(c5c([2H])c([2H])c([2H])c([2H])c5-4)c4c([2H])c([2H])c([2H])c([2H])c4-c4c3c([2H])c([2H])c3c([2H])c([2H])c([2H])c([2H])c43)c([2H])c1C2(c1ccccc1)c1ccccc1. The van der Waals surface area contributed by atoms with Crippen molar-refractivity contribution in [2.24, 2.45) is 0 Å². The topological polar surface area (TPSA) is 9.23 Å². The van der Waals surface area contributed by atoms with E-state index in [9.17, 15) is 19.2 Å². The van der Waals surface area contributed by atoms with E-state index in [1.807, 2.05) is 0 Å². The summed E-state index contributed by atoms with van der Waals surface area (Å²) in [6, 6.07) is -3.82. The molecule has 0 N–H and O–H groups in total. The van der Waals surface area contributed by atoms with Gasteiger partial charge in [0.1, 0.15) is 11.5 Å². The van der Waals surface area contributed by atoms with Gasteiger partial charge in [-0.1, -0.05) is 182 Å². The Hall–Kier alpha value is -6.96. The average Bonchev–Trinajstić information content (AvgIpc) is 3.09. The molecule has 12 rings (SSSR count). The fourth-order valence-electron chi connectivity index (χ4n) is 8.60. The van der Waals surface area contributed by atoms with Crippen molar-refractivity contribution in [1.82, 2.24) is 0 Å². The van der Waals surface area contributed by atoms with E-state index in [0.29, 0.717) is 0 Å². The first-order valence-corrected chi connectivity index (χ1v) is 17.2. The minimum absolute atomic E-state index is 0.210. The third kappa shape index (κ3) is 3.92. The molecular weight excluding hydrogens is 665 g/mol. The Kier molecular flexibility index (Phi) is 3.16. The lowest BCUT2D eigenvalue weighted by molar-refractivity contribution is 0.434. The molecule has 1 spiro atoms. The van der Waals surface area contributed by atoms with Crippen molar-refractivity contribution in [3.63, 3.8) is 0 Å². The lowest BCUT2D eigenvalue weighted by atomic mass is 9.63. The van der Waals surface area contributed by atoms with Crippen molar-refractivity contribution in [2.75, 3.05) is 0 Å². The molecule has 0 radical (unpaired) electrons. The zero-order chi connectivity index (χ0) is 57.0. The van der Waals surface area contributed by atoms with E-state index in [-0.39, 0.29) is 22.3 Å². The Morgan fingerprint density at radius 3 is 1.71 bits per heavy atom. The van der Waals surface area contributed by atoms with Gasteiger partial charge >= 0.3 is 0 Å². The Balaban J connectivity index is 1.34. The van der Waals surface area contributed by atoms with Gasteiger partial charge in [-0.3, -0.25) is 0 Å². The summed E-state index contributed by atoms with van der Waals surface area (Å²) in [7, 11) is 0. The van der Waals surface area contributed by atoms with E-state index in [0.717, 1.165) is 0 Å². The van der Waals surface area contributed by atoms with Crippen molar-refractivity contribution in [2.45, 2.75) is 10.8 Å². The van der Waals surface area contributed by atoms with Crippen LogP contribution in [-0.2, 0) is 10.8 Å². The van der Waals surface area contributed by atoms with Gasteiger partial charge in [-0.05, 0) is 102 Å². The van der Waals surface area contributed by atoms with Crippen LogP contribution in [0.4, 0.5) is 0 Å². The summed E-state index contributed by atoms with van der Waals surface area (Å²) >= 11 is 0. The molecule has 0 saturated heterocycles. The van der Waals surface area contributed by atoms with Crippen molar-refractivity contribution in [3.05, 3.63) is 250 Å². The fourth-order valence-corrected chi connectivity index (χ4v) is 8.60. The molecule has 1 unspecified atom stereocenters. The van der Waals surface area contributed by atoms with Gasteiger partial charge in [0.25, 0.3) is 0 Å². The summed E-state index contributed by atoms with van der Waals surface area (Å²) in [6.07, 6.45) is 0. The van der Waals surface area contributed by atoms with Crippen LogP contribution in [0.25, 0.3) is 44.2 Å². The minimum atomic E-state index is -2.83. The van der Waals surface area contributed by atoms with Gasteiger partial charge in [0.05, 0.1) is 43.7 Å². The fraction of sp³-hybridized carbons (Fsp3) is 0.0370. The Morgan fingerprint density at radius 2 is 0.945 bits per heavy atom. The summed E-state index contributed by atoms with van der Waals surface area (Å²) in [5.74, 6) is -0.950. The Bertz CT molecular complexity index is 4350. The molecule has 0 bridgehead atoms. The first-order valence-electron chi connectivity index (χ1n) is 29.2. The highest BCUT2D eigenvalue weighted by Gasteiger charge is 2.52. The van der Waals surface area contributed by atoms with Crippen LogP contribution in [0.15, 0.2) is 206 Å². The van der Waals surface area contributed by atoms with Crippen molar-refractivity contribution >= 4 is 10.8 Å². The van der Waals surface area contributed by atoms with E-state index in [4.69, 9.17) is 18.4 Å². The second kappa shape index (κ2) is 11.3.